The molecular weight excluding hydrogens is 2050 g/mol. The third-order valence-corrected chi connectivity index (χ3v) is 34.8. The summed E-state index contributed by atoms with van der Waals surface area (Å²) in [5, 5.41) is 18.5. The molecule has 0 atom stereocenters. The van der Waals surface area contributed by atoms with Crippen LogP contribution < -0.4 is 65.1 Å². The summed E-state index contributed by atoms with van der Waals surface area (Å²) in [5.41, 5.74) is 6.25. The number of sulfonamides is 3. The van der Waals surface area contributed by atoms with Crippen LogP contribution in [-0.4, -0.2) is 163 Å². The highest BCUT2D eigenvalue weighted by Gasteiger charge is 2.37. The number of para-hydroxylation sites is 1. The van der Waals surface area contributed by atoms with Crippen LogP contribution in [0.5, 0.6) is 0 Å². The molecule has 13 rings (SSSR count). The van der Waals surface area contributed by atoms with Crippen LogP contribution in [0.25, 0.3) is 0 Å². The van der Waals surface area contributed by atoms with Gasteiger partial charge in [0.05, 0.1) is 26.0 Å². The first-order valence-electron chi connectivity index (χ1n) is 49.8. The number of benzene rings is 7. The summed E-state index contributed by atoms with van der Waals surface area (Å²) < 4.78 is 234. The molecule has 5 fully saturated rings. The van der Waals surface area contributed by atoms with Crippen molar-refractivity contribution in [3.8, 4) is 0 Å². The highest BCUT2D eigenvalue weighted by atomic mass is 32.2. The van der Waals surface area contributed by atoms with E-state index < -0.39 is 103 Å². The van der Waals surface area contributed by atoms with Gasteiger partial charge in [-0.3, -0.25) is 9.44 Å². The van der Waals surface area contributed by atoms with E-state index >= 15 is 0 Å². The summed E-state index contributed by atoms with van der Waals surface area (Å²) in [7, 11) is -9.90. The van der Waals surface area contributed by atoms with E-state index in [1.54, 1.807) is 85.4 Å². The zero-order valence-corrected chi connectivity index (χ0v) is 93.6. The molecule has 7 aromatic rings. The highest BCUT2D eigenvalue weighted by molar-refractivity contribution is 8.01. The Bertz CT molecular complexity index is 5320. The SMILES string of the molecule is CC(C)(C)S(=O)(=O)NC1CCC(CNc2cc(F)cc(F)c2)CC1.CC(C)(C)S(=O)(=O)NC1CCC(CNc2ccc(F)cc2F)CC1.CC(C)(C)SNC1CCC(CNc2c(F)cccc2F)CC1.CC(C)(C)SNC1CCC(CNc2ccc(F)c(F)c2)CC1.CC(C)(C)SNc1ccc(CNc2ccc(N3CC=CC3)cc2)cc1.CC(C)S(=O)(=O)NC1CCC(CNc2ccc(C(F)(F)F)cc2)CC1.O.O.O.O.O.O. The average molecular weight is 2220 g/mol. The van der Waals surface area contributed by atoms with Gasteiger partial charge in [0.25, 0.3) is 0 Å². The van der Waals surface area contributed by atoms with Crippen molar-refractivity contribution >= 4 is 111 Å². The van der Waals surface area contributed by atoms with Gasteiger partial charge < -0.3 is 74.4 Å². The standard InChI is InChI=1S/C21H27N3S.C17H25F3N2O2S.2C17H26F2N2O2S.2C17H26F2N2S.6H2O/c1-21(2,3)25-23-19-8-6-17(7-9-19)16-22-18-10-12-20(13-11-18)24-14-4-5-15-24;1-12(2)25(23,24)22-16-7-3-13(4-8-16)11-21-15-9-5-14(6-10-15)17(18,19)20;1-17(2,3)24(22,23)21-14-7-4-12(5-8-14)11-20-16-9-6-13(18)10-15(16)19;1-17(2,3)24(22,23)21-15-6-4-12(5-7-15)11-20-16-9-13(18)8-14(19)10-16;1-17(2,3)22-21-13-6-4-12(5-7-13)11-20-14-8-9-15(18)16(19)10-14;1-17(2,3)22-21-13-9-7-12(8-10-13)11-20-16-14(18)5-4-6-15(16)19;;;;;;/h4-13,22-23H,14-16H2,1-3H3;5-6,9-10,12-13,16,21-22H,3-4,7-8,11H2,1-2H3;6,9-10,12,14,20-21H,4-5,7-8,11H2,1-3H3;8-10,12,15,20-21H,4-7,11H2,1-3H3;8-10,12-13,20-21H,4-7,11H2,1-3H3;4-6,12-13,20-21H,7-11H2,1-3H3;6*1H2. The number of alkyl halides is 3. The van der Waals surface area contributed by atoms with E-state index in [1.807, 2.05) is 11.9 Å². The predicted molar refractivity (Wildman–Crippen MR) is 594 cm³/mol. The average Bonchev–Trinajstić information content (AvgIpc) is 0.925. The first-order valence-corrected chi connectivity index (χ1v) is 56.7. The molecule has 0 bridgehead atoms. The van der Waals surface area contributed by atoms with E-state index in [-0.39, 0.29) is 70.9 Å². The number of hydrogen-bond donors (Lipinski definition) is 12. The lowest BCUT2D eigenvalue weighted by molar-refractivity contribution is -0.137. The summed E-state index contributed by atoms with van der Waals surface area (Å²) in [6, 6.07) is 38.2. The van der Waals surface area contributed by atoms with Crippen LogP contribution in [0.1, 0.15) is 257 Å². The minimum Gasteiger partial charge on any atom is -0.412 e. The van der Waals surface area contributed by atoms with E-state index in [0.29, 0.717) is 90.6 Å². The topological polar surface area (TPSA) is 439 Å². The molecule has 24 N–H and O–H groups in total. The van der Waals surface area contributed by atoms with Crippen molar-refractivity contribution in [2.45, 2.75) is 318 Å². The maximum Gasteiger partial charge on any atom is 0.416 e. The highest BCUT2D eigenvalue weighted by Crippen LogP contribution is 2.37. The molecule has 5 saturated carbocycles. The van der Waals surface area contributed by atoms with Gasteiger partial charge in [0.15, 0.2) is 11.6 Å². The lowest BCUT2D eigenvalue weighted by Crippen LogP contribution is -2.46. The molecule has 5 aliphatic carbocycles. The number of nitrogens with zero attached hydrogens (tertiary/aromatic N) is 1. The molecule has 42 heteroatoms. The Balaban J connectivity index is 0.000000596. The van der Waals surface area contributed by atoms with Crippen LogP contribution in [-0.2, 0) is 42.8 Å². The van der Waals surface area contributed by atoms with Crippen molar-refractivity contribution < 1.29 is 106 Å². The normalized spacial score (nSPS) is 20.1. The molecule has 842 valence electrons. The summed E-state index contributed by atoms with van der Waals surface area (Å²) in [4.78, 5) is 2.35. The molecular formula is C106H168F11N13O12S6. The van der Waals surface area contributed by atoms with Crippen LogP contribution in [0, 0.1) is 76.1 Å². The quantitative estimate of drug-likeness (QED) is 0.0106. The second kappa shape index (κ2) is 63.3. The molecule has 0 amide bonds. The Morgan fingerprint density at radius 2 is 0.703 bits per heavy atom. The first kappa shape index (κ1) is 136. The fourth-order valence-corrected chi connectivity index (χ4v) is 21.4. The second-order valence-electron chi connectivity index (χ2n) is 43.2. The minimum absolute atomic E-state index is 0. The first-order chi connectivity index (χ1) is 66.4. The summed E-state index contributed by atoms with van der Waals surface area (Å²) in [5.74, 6) is -2.82. The number of hydrogen-bond acceptors (Lipinski definition) is 19. The number of nitrogens with one attached hydrogen (secondary N) is 12. The smallest absolute Gasteiger partial charge is 0.412 e. The van der Waals surface area contributed by atoms with E-state index in [0.717, 1.165) is 165 Å². The lowest BCUT2D eigenvalue weighted by Gasteiger charge is -2.31. The van der Waals surface area contributed by atoms with Crippen molar-refractivity contribution in [1.29, 1.82) is 0 Å². The van der Waals surface area contributed by atoms with Crippen molar-refractivity contribution in [3.05, 3.63) is 215 Å². The molecule has 0 saturated heterocycles. The van der Waals surface area contributed by atoms with Gasteiger partial charge in [-0.1, -0.05) is 54.2 Å². The van der Waals surface area contributed by atoms with Crippen LogP contribution in [0.2, 0.25) is 0 Å². The molecule has 148 heavy (non-hydrogen) atoms. The molecule has 0 unspecified atom stereocenters. The maximum absolute atomic E-state index is 13.6. The van der Waals surface area contributed by atoms with E-state index in [2.05, 4.69) is 188 Å². The predicted octanol–water partition coefficient (Wildman–Crippen LogP) is 21.8. The van der Waals surface area contributed by atoms with Crippen LogP contribution >= 0.6 is 35.8 Å². The van der Waals surface area contributed by atoms with Gasteiger partial charge in [-0.25, -0.2) is 74.5 Å². The Morgan fingerprint density at radius 3 is 1.09 bits per heavy atom. The zero-order chi connectivity index (χ0) is 105. The van der Waals surface area contributed by atoms with E-state index in [4.69, 9.17) is 0 Å². The lowest BCUT2D eigenvalue weighted by atomic mass is 9.86. The molecule has 6 aliphatic rings. The van der Waals surface area contributed by atoms with Gasteiger partial charge in [-0.15, -0.1) is 0 Å². The number of rotatable bonds is 32. The fourth-order valence-electron chi connectivity index (χ4n) is 16.3. The fraction of sp³-hybridized carbons (Fsp3) is 0.585. The minimum atomic E-state index is -4.32. The molecule has 7 aromatic carbocycles. The van der Waals surface area contributed by atoms with Gasteiger partial charge >= 0.3 is 6.18 Å². The van der Waals surface area contributed by atoms with Gasteiger partial charge in [0, 0.05) is 143 Å². The Morgan fingerprint density at radius 1 is 0.338 bits per heavy atom. The van der Waals surface area contributed by atoms with Gasteiger partial charge in [-0.2, -0.15) is 13.2 Å². The molecule has 0 aromatic heterocycles. The third-order valence-electron chi connectivity index (χ3n) is 25.3. The van der Waals surface area contributed by atoms with Crippen molar-refractivity contribution in [2.24, 2.45) is 29.6 Å². The molecule has 0 radical (unpaired) electrons. The van der Waals surface area contributed by atoms with Crippen LogP contribution in [0.3, 0.4) is 0 Å². The van der Waals surface area contributed by atoms with Crippen molar-refractivity contribution in [2.75, 3.05) is 87.3 Å². The molecule has 25 nitrogen and oxygen atoms in total. The van der Waals surface area contributed by atoms with Gasteiger partial charge in [-0.05, 0) is 408 Å². The number of anilines is 8. The molecule has 1 aliphatic heterocycles. The third kappa shape index (κ3) is 50.1. The molecule has 0 spiro atoms. The van der Waals surface area contributed by atoms with E-state index in [1.165, 1.54) is 104 Å². The monoisotopic (exact) mass is 2220 g/mol. The van der Waals surface area contributed by atoms with Crippen molar-refractivity contribution in [3.63, 3.8) is 0 Å². The second-order valence-corrected chi connectivity index (χ2v) is 55.4. The molecule has 1 heterocycles. The Labute approximate surface area is 886 Å². The zero-order valence-electron chi connectivity index (χ0n) is 88.7. The maximum atomic E-state index is 13.6. The Kier molecular flexibility index (Phi) is 58.3. The van der Waals surface area contributed by atoms with Gasteiger partial charge in [0.2, 0.25) is 30.1 Å². The van der Waals surface area contributed by atoms with Crippen LogP contribution in [0.15, 0.2) is 158 Å². The summed E-state index contributed by atoms with van der Waals surface area (Å²) in [6.07, 6.45) is 19.1. The van der Waals surface area contributed by atoms with Crippen molar-refractivity contribution in [1.82, 2.24) is 23.6 Å². The van der Waals surface area contributed by atoms with E-state index in [9.17, 15) is 73.5 Å². The van der Waals surface area contributed by atoms with Crippen LogP contribution in [0.4, 0.5) is 93.8 Å². The summed E-state index contributed by atoms with van der Waals surface area (Å²) in [6.45, 7) is 39.5. The summed E-state index contributed by atoms with van der Waals surface area (Å²) >= 11 is 5.34. The number of halogens is 11. The van der Waals surface area contributed by atoms with Gasteiger partial charge in [0.1, 0.15) is 40.6 Å². The Hall–Kier alpha value is -7.63. The largest absolute Gasteiger partial charge is 0.416 e.